The van der Waals surface area contributed by atoms with Crippen LogP contribution >= 0.6 is 0 Å². The molecule has 1 aromatic carbocycles. The van der Waals surface area contributed by atoms with Crippen molar-refractivity contribution < 1.29 is 19.4 Å². The highest BCUT2D eigenvalue weighted by Gasteiger charge is 2.20. The lowest BCUT2D eigenvalue weighted by Crippen LogP contribution is -2.08. The van der Waals surface area contributed by atoms with E-state index in [-0.39, 0.29) is 22.7 Å². The zero-order valence-electron chi connectivity index (χ0n) is 9.75. The predicted octanol–water partition coefficient (Wildman–Crippen LogP) is 2.00. The van der Waals surface area contributed by atoms with Crippen LogP contribution in [0.3, 0.4) is 0 Å². The van der Waals surface area contributed by atoms with Gasteiger partial charge in [-0.25, -0.2) is 4.79 Å². The van der Waals surface area contributed by atoms with Crippen LogP contribution in [0.2, 0.25) is 0 Å². The first-order valence-electron chi connectivity index (χ1n) is 4.82. The first-order valence-corrected chi connectivity index (χ1v) is 4.82. The van der Waals surface area contributed by atoms with Crippen molar-refractivity contribution in [1.29, 1.82) is 0 Å². The molecule has 0 heterocycles. The fraction of sp³-hybridized carbons (Fsp3) is 0.333. The van der Waals surface area contributed by atoms with Crippen molar-refractivity contribution in [3.63, 3.8) is 0 Å². The average molecular weight is 222 g/mol. The van der Waals surface area contributed by atoms with Gasteiger partial charge in [0.25, 0.3) is 0 Å². The van der Waals surface area contributed by atoms with Gasteiger partial charge >= 0.3 is 5.97 Å². The number of aryl methyl sites for hydroxylation is 1. The van der Waals surface area contributed by atoms with E-state index in [9.17, 15) is 14.7 Å². The van der Waals surface area contributed by atoms with Gasteiger partial charge in [-0.05, 0) is 38.0 Å². The number of benzene rings is 1. The second-order valence-corrected chi connectivity index (χ2v) is 3.64. The van der Waals surface area contributed by atoms with Crippen LogP contribution in [-0.4, -0.2) is 24.0 Å². The molecule has 4 nitrogen and oxygen atoms in total. The van der Waals surface area contributed by atoms with Gasteiger partial charge < -0.3 is 9.84 Å². The van der Waals surface area contributed by atoms with Crippen molar-refractivity contribution >= 4 is 11.8 Å². The number of ketones is 1. The number of hydrogen-bond donors (Lipinski definition) is 1. The number of rotatable bonds is 2. The molecule has 0 unspecified atom stereocenters. The number of phenols is 1. The maximum atomic E-state index is 11.4. The summed E-state index contributed by atoms with van der Waals surface area (Å²) >= 11 is 0. The van der Waals surface area contributed by atoms with E-state index in [4.69, 9.17) is 0 Å². The lowest BCUT2D eigenvalue weighted by molar-refractivity contribution is 0.0597. The van der Waals surface area contributed by atoms with Crippen molar-refractivity contribution in [2.75, 3.05) is 7.11 Å². The highest BCUT2D eigenvalue weighted by Crippen LogP contribution is 2.29. The van der Waals surface area contributed by atoms with Gasteiger partial charge in [-0.15, -0.1) is 0 Å². The van der Waals surface area contributed by atoms with Crippen LogP contribution in [0.1, 0.15) is 38.8 Å². The van der Waals surface area contributed by atoms with Crippen molar-refractivity contribution in [3.8, 4) is 5.75 Å². The Labute approximate surface area is 93.9 Å². The highest BCUT2D eigenvalue weighted by atomic mass is 16.5. The van der Waals surface area contributed by atoms with Gasteiger partial charge in [-0.2, -0.15) is 0 Å². The Balaban J connectivity index is 3.56. The number of aromatic hydroxyl groups is 1. The van der Waals surface area contributed by atoms with E-state index in [2.05, 4.69) is 4.74 Å². The molecule has 0 saturated carbocycles. The first kappa shape index (κ1) is 12.2. The summed E-state index contributed by atoms with van der Waals surface area (Å²) in [5, 5.41) is 9.84. The number of hydrogen-bond acceptors (Lipinski definition) is 4. The molecule has 0 atom stereocenters. The molecule has 4 heteroatoms. The SMILES string of the molecule is COC(=O)c1cc(C)c(C)c(C(C)=O)c1O. The fourth-order valence-electron chi connectivity index (χ4n) is 1.60. The number of Topliss-reactive ketones (excluding diaryl/α,β-unsaturated/α-hetero) is 1. The molecule has 0 aliphatic rings. The van der Waals surface area contributed by atoms with Crippen molar-refractivity contribution in [3.05, 3.63) is 28.3 Å². The largest absolute Gasteiger partial charge is 0.506 e. The normalized spacial score (nSPS) is 10.0. The number of carbonyl (C=O) groups excluding carboxylic acids is 2. The summed E-state index contributed by atoms with van der Waals surface area (Å²) in [7, 11) is 1.23. The maximum Gasteiger partial charge on any atom is 0.341 e. The summed E-state index contributed by atoms with van der Waals surface area (Å²) in [6.45, 7) is 4.85. The quantitative estimate of drug-likeness (QED) is 0.614. The van der Waals surface area contributed by atoms with E-state index in [0.29, 0.717) is 5.56 Å². The van der Waals surface area contributed by atoms with Crippen LogP contribution in [0, 0.1) is 13.8 Å². The van der Waals surface area contributed by atoms with Gasteiger partial charge in [0.2, 0.25) is 0 Å². The van der Waals surface area contributed by atoms with Crippen LogP contribution in [-0.2, 0) is 4.74 Å². The number of esters is 1. The molecule has 0 spiro atoms. The predicted molar refractivity (Wildman–Crippen MR) is 58.9 cm³/mol. The summed E-state index contributed by atoms with van der Waals surface area (Å²) in [6.07, 6.45) is 0. The summed E-state index contributed by atoms with van der Waals surface area (Å²) in [5.74, 6) is -1.23. The third-order valence-corrected chi connectivity index (χ3v) is 2.58. The molecule has 1 rings (SSSR count). The molecule has 0 aromatic heterocycles. The number of ether oxygens (including phenoxy) is 1. The monoisotopic (exact) mass is 222 g/mol. The third kappa shape index (κ3) is 1.91. The van der Waals surface area contributed by atoms with Crippen LogP contribution in [0.25, 0.3) is 0 Å². The molecule has 1 N–H and O–H groups in total. The van der Waals surface area contributed by atoms with E-state index in [1.165, 1.54) is 20.1 Å². The van der Waals surface area contributed by atoms with Crippen LogP contribution < -0.4 is 0 Å². The minimum absolute atomic E-state index is 0.0239. The van der Waals surface area contributed by atoms with Gasteiger partial charge in [0, 0.05) is 0 Å². The lowest BCUT2D eigenvalue weighted by Gasteiger charge is -2.12. The van der Waals surface area contributed by atoms with E-state index >= 15 is 0 Å². The van der Waals surface area contributed by atoms with Gasteiger partial charge in [-0.3, -0.25) is 4.79 Å². The van der Waals surface area contributed by atoms with E-state index in [0.717, 1.165) is 5.56 Å². The van der Waals surface area contributed by atoms with Crippen molar-refractivity contribution in [1.82, 2.24) is 0 Å². The molecule has 16 heavy (non-hydrogen) atoms. The number of methoxy groups -OCH3 is 1. The van der Waals surface area contributed by atoms with E-state index < -0.39 is 5.97 Å². The van der Waals surface area contributed by atoms with E-state index in [1.807, 2.05) is 0 Å². The van der Waals surface area contributed by atoms with Gasteiger partial charge in [0.15, 0.2) is 5.78 Å². The van der Waals surface area contributed by atoms with Crippen LogP contribution in [0.15, 0.2) is 6.07 Å². The third-order valence-electron chi connectivity index (χ3n) is 2.58. The summed E-state index contributed by atoms with van der Waals surface area (Å²) in [6, 6.07) is 1.52. The number of phenolic OH excluding ortho intramolecular Hbond substituents is 1. The van der Waals surface area contributed by atoms with Crippen LogP contribution in [0.5, 0.6) is 5.75 Å². The Bertz CT molecular complexity index is 461. The van der Waals surface area contributed by atoms with Crippen molar-refractivity contribution in [2.45, 2.75) is 20.8 Å². The Kier molecular flexibility index (Phi) is 3.32. The molecular formula is C12H14O4. The topological polar surface area (TPSA) is 63.6 Å². The summed E-state index contributed by atoms with van der Waals surface area (Å²) < 4.78 is 4.54. The first-order chi connectivity index (χ1) is 7.40. The summed E-state index contributed by atoms with van der Waals surface area (Å²) in [5.41, 5.74) is 1.65. The molecule has 0 radical (unpaired) electrons. The molecule has 86 valence electrons. The maximum absolute atomic E-state index is 11.4. The minimum Gasteiger partial charge on any atom is -0.506 e. The Morgan fingerprint density at radius 3 is 2.31 bits per heavy atom. The standard InChI is InChI=1S/C12H14O4/c1-6-5-9(12(15)16-4)11(14)10(7(6)2)8(3)13/h5,14H,1-4H3. The minimum atomic E-state index is -0.650. The second kappa shape index (κ2) is 4.35. The smallest absolute Gasteiger partial charge is 0.341 e. The molecule has 0 aliphatic heterocycles. The van der Waals surface area contributed by atoms with Gasteiger partial charge in [0.1, 0.15) is 11.3 Å². The Morgan fingerprint density at radius 2 is 1.88 bits per heavy atom. The van der Waals surface area contributed by atoms with Gasteiger partial charge in [-0.1, -0.05) is 0 Å². The Hall–Kier alpha value is -1.84. The molecule has 0 saturated heterocycles. The second-order valence-electron chi connectivity index (χ2n) is 3.64. The lowest BCUT2D eigenvalue weighted by atomic mass is 9.96. The Morgan fingerprint density at radius 1 is 1.31 bits per heavy atom. The fourth-order valence-corrected chi connectivity index (χ4v) is 1.60. The molecule has 0 aliphatic carbocycles. The average Bonchev–Trinajstić information content (AvgIpc) is 2.22. The van der Waals surface area contributed by atoms with Crippen molar-refractivity contribution in [2.24, 2.45) is 0 Å². The number of carbonyl (C=O) groups is 2. The zero-order valence-corrected chi connectivity index (χ0v) is 9.75. The molecule has 1 aromatic rings. The van der Waals surface area contributed by atoms with Crippen LogP contribution in [0.4, 0.5) is 0 Å². The zero-order chi connectivity index (χ0) is 12.5. The van der Waals surface area contributed by atoms with E-state index in [1.54, 1.807) is 13.8 Å². The molecule has 0 amide bonds. The molecule has 0 bridgehead atoms. The highest BCUT2D eigenvalue weighted by molar-refractivity contribution is 6.03. The van der Waals surface area contributed by atoms with Gasteiger partial charge in [0.05, 0.1) is 12.7 Å². The summed E-state index contributed by atoms with van der Waals surface area (Å²) in [4.78, 5) is 22.8. The molecular weight excluding hydrogens is 208 g/mol. The molecule has 0 fully saturated rings.